The molecule has 4 aromatic rings. The molecular formula is C32H45N8O4P. The molecule has 0 bridgehead atoms. The summed E-state index contributed by atoms with van der Waals surface area (Å²) in [4.78, 5) is 33.6. The molecule has 12 nitrogen and oxygen atoms in total. The number of esters is 1. The largest absolute Gasteiger partial charge is 0.464 e. The molecule has 0 spiro atoms. The zero-order valence-corrected chi connectivity index (χ0v) is 27.2. The summed E-state index contributed by atoms with van der Waals surface area (Å²) in [6.45, 7) is 13.1. The highest BCUT2D eigenvalue weighted by Gasteiger charge is 2.38. The molecule has 6 N–H and O–H groups in total. The average Bonchev–Trinajstić information content (AvgIpc) is 3.47. The van der Waals surface area contributed by atoms with Gasteiger partial charge >= 0.3 is 5.97 Å². The molecule has 2 aromatic carbocycles. The smallest absolute Gasteiger partial charge is 0.331 e. The van der Waals surface area contributed by atoms with E-state index in [1.165, 1.54) is 18.4 Å². The van der Waals surface area contributed by atoms with Crippen molar-refractivity contribution >= 4 is 43.9 Å². The van der Waals surface area contributed by atoms with Crippen LogP contribution in [0.3, 0.4) is 0 Å². The fraction of sp³-hybridized carbons (Fsp3) is 0.344. The summed E-state index contributed by atoms with van der Waals surface area (Å²) in [5.74, 6) is 0.314. The van der Waals surface area contributed by atoms with E-state index in [4.69, 9.17) is 25.5 Å². The normalized spacial score (nSPS) is 12.4. The van der Waals surface area contributed by atoms with E-state index in [0.717, 1.165) is 5.56 Å². The van der Waals surface area contributed by atoms with Crippen molar-refractivity contribution in [2.45, 2.75) is 45.7 Å². The molecule has 2 aromatic heterocycles. The molecule has 0 saturated heterocycles. The third-order valence-electron chi connectivity index (χ3n) is 6.39. The van der Waals surface area contributed by atoms with E-state index < -0.39 is 13.8 Å². The second-order valence-corrected chi connectivity index (χ2v) is 11.2. The van der Waals surface area contributed by atoms with Crippen LogP contribution in [0.1, 0.15) is 38.3 Å². The van der Waals surface area contributed by atoms with Gasteiger partial charge in [-0.05, 0) is 31.4 Å². The van der Waals surface area contributed by atoms with Crippen LogP contribution in [0.5, 0.6) is 0 Å². The molecule has 242 valence electrons. The molecule has 0 aliphatic heterocycles. The van der Waals surface area contributed by atoms with Gasteiger partial charge in [0.25, 0.3) is 0 Å². The number of nitrogen functional groups attached to an aromatic ring is 1. The van der Waals surface area contributed by atoms with Crippen LogP contribution in [-0.4, -0.2) is 58.4 Å². The van der Waals surface area contributed by atoms with Gasteiger partial charge in [-0.3, -0.25) is 10.6 Å². The van der Waals surface area contributed by atoms with Crippen LogP contribution in [0.15, 0.2) is 79.6 Å². The lowest BCUT2D eigenvalue weighted by Crippen LogP contribution is -2.46. The monoisotopic (exact) mass is 636 g/mol. The Morgan fingerprint density at radius 2 is 1.76 bits per heavy atom. The van der Waals surface area contributed by atoms with Crippen molar-refractivity contribution in [3.8, 4) is 0 Å². The lowest BCUT2D eigenvalue weighted by atomic mass is 9.93. The Kier molecular flexibility index (Phi) is 16.4. The second-order valence-electron chi connectivity index (χ2n) is 9.78. The topological polar surface area (TPSA) is 172 Å². The Hall–Kier alpha value is -4.22. The van der Waals surface area contributed by atoms with Crippen molar-refractivity contribution in [1.82, 2.24) is 24.6 Å². The Balaban J connectivity index is 0.000000544. The van der Waals surface area contributed by atoms with E-state index in [-0.39, 0.29) is 24.9 Å². The maximum Gasteiger partial charge on any atom is 0.331 e. The summed E-state index contributed by atoms with van der Waals surface area (Å²) in [6, 6.07) is 19.9. The van der Waals surface area contributed by atoms with Gasteiger partial charge in [-0.1, -0.05) is 80.1 Å². The third kappa shape index (κ3) is 11.3. The van der Waals surface area contributed by atoms with Crippen LogP contribution < -0.4 is 21.6 Å². The van der Waals surface area contributed by atoms with Gasteiger partial charge in [0.05, 0.1) is 34.1 Å². The minimum absolute atomic E-state index is 0.149. The van der Waals surface area contributed by atoms with Gasteiger partial charge in [0.1, 0.15) is 12.3 Å². The van der Waals surface area contributed by atoms with Crippen molar-refractivity contribution in [2.75, 3.05) is 37.2 Å². The number of imidazole rings is 1. The molecule has 45 heavy (non-hydrogen) atoms. The number of rotatable bonds is 15. The Morgan fingerprint density at radius 3 is 2.38 bits per heavy atom. The molecule has 0 saturated carbocycles. The zero-order chi connectivity index (χ0) is 33.1. The maximum absolute atomic E-state index is 12.7. The highest BCUT2D eigenvalue weighted by molar-refractivity contribution is 7.52. The lowest BCUT2D eigenvalue weighted by Gasteiger charge is -2.31. The van der Waals surface area contributed by atoms with Crippen LogP contribution >= 0.6 is 8.22 Å². The van der Waals surface area contributed by atoms with E-state index in [0.29, 0.717) is 36.7 Å². The molecule has 0 radical (unpaired) electrons. The average molecular weight is 637 g/mol. The molecule has 0 fully saturated rings. The number of fused-ring (bicyclic) bond motifs is 1. The zero-order valence-electron chi connectivity index (χ0n) is 26.3. The van der Waals surface area contributed by atoms with E-state index >= 15 is 0 Å². The summed E-state index contributed by atoms with van der Waals surface area (Å²) in [7, 11) is -1.32. The number of nitrogens with two attached hydrogens (primary N) is 2. The summed E-state index contributed by atoms with van der Waals surface area (Å²) in [5.41, 5.74) is 14.5. The molecule has 0 amide bonds. The number of aromatic nitrogens is 4. The standard InChI is InChI=1S/C22H31N8O3P.C9H12.CH2O/c1-4-11-25-18-17-19(28-21(23)27-18)30(14-26-17)12-13-32-15-34(24)29-22(3,20(31)33-5-2)16-9-7-6-8-10-16;1-2-6-9-7-4-3-5-8-9;1-2/h4,6-10,14,29H,1,5,11-13,15,24H2,2-3H3,(H3,23,25,27,28);3-5,7-8H,2,6H2,1H3;1H2. The fourth-order valence-electron chi connectivity index (χ4n) is 4.27. The van der Waals surface area contributed by atoms with Crippen molar-refractivity contribution in [2.24, 2.45) is 5.50 Å². The van der Waals surface area contributed by atoms with Gasteiger partial charge in [-0.15, -0.1) is 6.58 Å². The summed E-state index contributed by atoms with van der Waals surface area (Å²) < 4.78 is 12.9. The number of benzene rings is 2. The molecule has 2 heterocycles. The van der Waals surface area contributed by atoms with E-state index in [2.05, 4.69) is 69.2 Å². The number of hydrogen-bond acceptors (Lipinski definition) is 11. The van der Waals surface area contributed by atoms with Crippen LogP contribution in [0.2, 0.25) is 0 Å². The Labute approximate surface area is 266 Å². The molecule has 0 aliphatic carbocycles. The summed E-state index contributed by atoms with van der Waals surface area (Å²) >= 11 is 0. The lowest BCUT2D eigenvalue weighted by molar-refractivity contribution is -0.150. The Morgan fingerprint density at radius 1 is 1.09 bits per heavy atom. The number of carbonyl (C=O) groups is 2. The first-order valence-electron chi connectivity index (χ1n) is 14.6. The first-order chi connectivity index (χ1) is 21.8. The fourth-order valence-corrected chi connectivity index (χ4v) is 5.46. The predicted molar refractivity (Wildman–Crippen MR) is 181 cm³/mol. The van der Waals surface area contributed by atoms with Crippen molar-refractivity contribution in [3.63, 3.8) is 0 Å². The van der Waals surface area contributed by atoms with Gasteiger partial charge in [-0.25, -0.2) is 9.78 Å². The third-order valence-corrected chi connectivity index (χ3v) is 7.58. The molecule has 4 rings (SSSR count). The second kappa shape index (κ2) is 19.9. The minimum atomic E-state index is -1.32. The highest BCUT2D eigenvalue weighted by atomic mass is 31.1. The predicted octanol–water partition coefficient (Wildman–Crippen LogP) is 4.77. The summed E-state index contributed by atoms with van der Waals surface area (Å²) in [5, 5.41) is 6.33. The first kappa shape index (κ1) is 37.0. The van der Waals surface area contributed by atoms with Gasteiger partial charge in [0.15, 0.2) is 17.0 Å². The van der Waals surface area contributed by atoms with Crippen molar-refractivity contribution in [3.05, 3.63) is 90.8 Å². The maximum atomic E-state index is 12.7. The molecule has 2 atom stereocenters. The first-order valence-corrected chi connectivity index (χ1v) is 16.2. The highest BCUT2D eigenvalue weighted by Crippen LogP contribution is 2.32. The van der Waals surface area contributed by atoms with Gasteiger partial charge in [-0.2, -0.15) is 9.97 Å². The number of ether oxygens (including phenoxy) is 2. The number of nitrogens with one attached hydrogen (secondary N) is 2. The number of aryl methyl sites for hydroxylation is 1. The quantitative estimate of drug-likeness (QED) is 0.0613. The van der Waals surface area contributed by atoms with Crippen molar-refractivity contribution < 1.29 is 19.1 Å². The van der Waals surface area contributed by atoms with Crippen LogP contribution in [-0.2, 0) is 37.6 Å². The van der Waals surface area contributed by atoms with Gasteiger partial charge in [0.2, 0.25) is 5.95 Å². The molecular weight excluding hydrogens is 591 g/mol. The SMILES string of the molecule is C=CCNc1nc(N)nc2c1ncn2CCOCP(N)NC(C)(C(=O)OCC)c1ccccc1.C=O.CCCc1ccccc1. The minimum Gasteiger partial charge on any atom is -0.464 e. The van der Waals surface area contributed by atoms with E-state index in [1.807, 2.05) is 41.7 Å². The van der Waals surface area contributed by atoms with E-state index in [9.17, 15) is 4.79 Å². The molecule has 2 unspecified atom stereocenters. The van der Waals surface area contributed by atoms with Gasteiger partial charge in [0, 0.05) is 13.1 Å². The number of hydrogen-bond donors (Lipinski definition) is 4. The van der Waals surface area contributed by atoms with Crippen LogP contribution in [0.4, 0.5) is 11.8 Å². The number of nitrogens with zero attached hydrogens (tertiary/aromatic N) is 4. The van der Waals surface area contributed by atoms with Crippen LogP contribution in [0.25, 0.3) is 11.2 Å². The van der Waals surface area contributed by atoms with E-state index in [1.54, 1.807) is 26.3 Å². The van der Waals surface area contributed by atoms with Crippen LogP contribution in [0, 0.1) is 0 Å². The molecule has 13 heteroatoms. The number of anilines is 2. The Bertz CT molecular complexity index is 1440. The number of carbonyl (C=O) groups excluding carboxylic acids is 2. The summed E-state index contributed by atoms with van der Waals surface area (Å²) in [6.07, 6.45) is 6.08. The van der Waals surface area contributed by atoms with Gasteiger partial charge < -0.3 is 29.9 Å². The van der Waals surface area contributed by atoms with Crippen molar-refractivity contribution in [1.29, 1.82) is 0 Å². The molecule has 0 aliphatic rings.